The van der Waals surface area contributed by atoms with Crippen LogP contribution in [0.2, 0.25) is 0 Å². The number of hydrogen-bond acceptors (Lipinski definition) is 5. The van der Waals surface area contributed by atoms with Crippen LogP contribution in [0.5, 0.6) is 17.2 Å². The van der Waals surface area contributed by atoms with E-state index in [-0.39, 0.29) is 28.8 Å². The van der Waals surface area contributed by atoms with Gasteiger partial charge in [0.2, 0.25) is 0 Å². The van der Waals surface area contributed by atoms with Crippen LogP contribution >= 0.6 is 0 Å². The number of fused-ring (bicyclic) bond motifs is 2. The summed E-state index contributed by atoms with van der Waals surface area (Å²) in [7, 11) is 0. The van der Waals surface area contributed by atoms with Crippen molar-refractivity contribution >= 4 is 11.6 Å². The lowest BCUT2D eigenvalue weighted by atomic mass is 9.93. The summed E-state index contributed by atoms with van der Waals surface area (Å²) in [5.41, 5.74) is 4.66. The van der Waals surface area contributed by atoms with E-state index >= 15 is 0 Å². The fraction of sp³-hybridized carbons (Fsp3) is 0.433. The molecule has 2 aliphatic rings. The van der Waals surface area contributed by atoms with Crippen LogP contribution in [0.1, 0.15) is 74.9 Å². The lowest BCUT2D eigenvalue weighted by Gasteiger charge is -2.28. The summed E-state index contributed by atoms with van der Waals surface area (Å²) in [5.74, 6) is -0.338. The molecule has 1 saturated heterocycles. The van der Waals surface area contributed by atoms with Gasteiger partial charge in [-0.15, -0.1) is 0 Å². The minimum Gasteiger partial charge on any atom is -0.508 e. The van der Waals surface area contributed by atoms with Crippen LogP contribution in [-0.2, 0) is 17.6 Å². The monoisotopic (exact) mass is 491 g/mol. The quantitative estimate of drug-likeness (QED) is 0.303. The third-order valence-corrected chi connectivity index (χ3v) is 7.35. The lowest BCUT2D eigenvalue weighted by Crippen LogP contribution is -2.34. The van der Waals surface area contributed by atoms with E-state index in [0.29, 0.717) is 47.9 Å². The van der Waals surface area contributed by atoms with Crippen molar-refractivity contribution < 1.29 is 24.9 Å². The molecule has 36 heavy (non-hydrogen) atoms. The third-order valence-electron chi connectivity index (χ3n) is 7.35. The van der Waals surface area contributed by atoms with Crippen LogP contribution < -0.4 is 4.90 Å². The van der Waals surface area contributed by atoms with Crippen molar-refractivity contribution in [3.05, 3.63) is 70.3 Å². The zero-order valence-electron chi connectivity index (χ0n) is 21.7. The van der Waals surface area contributed by atoms with Gasteiger partial charge in [-0.1, -0.05) is 29.4 Å². The molecule has 2 heterocycles. The molecule has 0 bridgehead atoms. The second-order valence-electron chi connectivity index (χ2n) is 10.6. The molecule has 2 aromatic rings. The van der Waals surface area contributed by atoms with Crippen LogP contribution in [0.4, 0.5) is 5.69 Å². The maximum atomic E-state index is 13.6. The molecular formula is C30H37NO5. The van der Waals surface area contributed by atoms with Gasteiger partial charge in [0.15, 0.2) is 0 Å². The maximum absolute atomic E-state index is 13.6. The molecule has 1 fully saturated rings. The smallest absolute Gasteiger partial charge is 0.258 e. The summed E-state index contributed by atoms with van der Waals surface area (Å²) in [6.07, 6.45) is 9.41. The van der Waals surface area contributed by atoms with Crippen LogP contribution in [0, 0.1) is 0 Å². The highest BCUT2D eigenvalue weighted by Gasteiger charge is 2.46. The Morgan fingerprint density at radius 2 is 1.72 bits per heavy atom. The van der Waals surface area contributed by atoms with E-state index in [1.54, 1.807) is 23.1 Å². The molecule has 0 saturated carbocycles. The molecule has 0 radical (unpaired) electrons. The summed E-state index contributed by atoms with van der Waals surface area (Å²) >= 11 is 0. The average molecular weight is 492 g/mol. The van der Waals surface area contributed by atoms with Crippen molar-refractivity contribution in [2.24, 2.45) is 0 Å². The van der Waals surface area contributed by atoms with Crippen LogP contribution in [0.3, 0.4) is 0 Å². The summed E-state index contributed by atoms with van der Waals surface area (Å²) in [5, 5.41) is 31.1. The molecule has 2 aromatic carbocycles. The van der Waals surface area contributed by atoms with Crippen LogP contribution in [0.25, 0.3) is 0 Å². The molecule has 2 aliphatic heterocycles. The summed E-state index contributed by atoms with van der Waals surface area (Å²) < 4.78 is 5.67. The normalized spacial score (nSPS) is 19.4. The SMILES string of the molecule is C/C(=C\CN1C(=O)c2cccc(O)c2CCc2c(O)cc(O)cc21)CC/C=C(\C)CCC1OC1(C)C. The molecule has 1 atom stereocenters. The first-order valence-corrected chi connectivity index (χ1v) is 12.7. The number of benzene rings is 2. The molecular weight excluding hydrogens is 454 g/mol. The van der Waals surface area contributed by atoms with Crippen molar-refractivity contribution in [1.82, 2.24) is 0 Å². The Morgan fingerprint density at radius 3 is 2.44 bits per heavy atom. The van der Waals surface area contributed by atoms with Crippen molar-refractivity contribution in [2.45, 2.75) is 77.9 Å². The molecule has 4 rings (SSSR count). The number of hydrogen-bond donors (Lipinski definition) is 3. The first kappa shape index (κ1) is 25.8. The minimum absolute atomic E-state index is 0.0366. The van der Waals surface area contributed by atoms with Gasteiger partial charge in [-0.3, -0.25) is 4.79 Å². The van der Waals surface area contributed by atoms with Gasteiger partial charge >= 0.3 is 0 Å². The number of rotatable bonds is 8. The highest BCUT2D eigenvalue weighted by molar-refractivity contribution is 6.08. The van der Waals surface area contributed by atoms with E-state index in [1.165, 1.54) is 17.7 Å². The van der Waals surface area contributed by atoms with Gasteiger partial charge in [-0.25, -0.2) is 0 Å². The number of amides is 1. The molecule has 192 valence electrons. The van der Waals surface area contributed by atoms with Crippen molar-refractivity contribution in [1.29, 1.82) is 0 Å². The molecule has 6 heteroatoms. The van der Waals surface area contributed by atoms with E-state index < -0.39 is 0 Å². The zero-order valence-corrected chi connectivity index (χ0v) is 21.7. The first-order valence-electron chi connectivity index (χ1n) is 12.7. The number of ether oxygens (including phenoxy) is 1. The summed E-state index contributed by atoms with van der Waals surface area (Å²) in [6.45, 7) is 8.77. The number of nitrogens with zero attached hydrogens (tertiary/aromatic N) is 1. The average Bonchev–Trinajstić information content (AvgIpc) is 3.43. The number of anilines is 1. The lowest BCUT2D eigenvalue weighted by molar-refractivity contribution is 0.0987. The summed E-state index contributed by atoms with van der Waals surface area (Å²) in [6, 6.07) is 7.78. The van der Waals surface area contributed by atoms with Gasteiger partial charge in [0, 0.05) is 35.4 Å². The Bertz CT molecular complexity index is 1210. The molecule has 0 aromatic heterocycles. The largest absolute Gasteiger partial charge is 0.508 e. The Morgan fingerprint density at radius 1 is 1.03 bits per heavy atom. The number of aromatic hydroxyl groups is 3. The Balaban J connectivity index is 1.49. The Hall–Kier alpha value is -3.25. The highest BCUT2D eigenvalue weighted by Crippen LogP contribution is 2.40. The number of carbonyl (C=O) groups excluding carboxylic acids is 1. The van der Waals surface area contributed by atoms with Crippen LogP contribution in [0.15, 0.2) is 53.6 Å². The molecule has 0 aliphatic carbocycles. The van der Waals surface area contributed by atoms with Crippen molar-refractivity contribution in [3.63, 3.8) is 0 Å². The van der Waals surface area contributed by atoms with Gasteiger partial charge in [0.1, 0.15) is 17.2 Å². The third kappa shape index (κ3) is 5.76. The van der Waals surface area contributed by atoms with E-state index in [0.717, 1.165) is 31.3 Å². The topological polar surface area (TPSA) is 93.5 Å². The number of phenols is 3. The number of phenolic OH excluding ortho intramolecular Hbond substituents is 3. The van der Waals surface area contributed by atoms with Gasteiger partial charge < -0.3 is 25.0 Å². The predicted octanol–water partition coefficient (Wildman–Crippen LogP) is 6.18. The van der Waals surface area contributed by atoms with Crippen LogP contribution in [-0.4, -0.2) is 39.5 Å². The molecule has 3 N–H and O–H groups in total. The molecule has 1 unspecified atom stereocenters. The van der Waals surface area contributed by atoms with Gasteiger partial charge in [-0.2, -0.15) is 0 Å². The number of carbonyl (C=O) groups is 1. The van der Waals surface area contributed by atoms with Crippen molar-refractivity contribution in [3.8, 4) is 17.2 Å². The second kappa shape index (κ2) is 10.4. The van der Waals surface area contributed by atoms with E-state index in [9.17, 15) is 20.1 Å². The Labute approximate surface area is 213 Å². The second-order valence-corrected chi connectivity index (χ2v) is 10.6. The van der Waals surface area contributed by atoms with E-state index in [4.69, 9.17) is 4.74 Å². The van der Waals surface area contributed by atoms with Crippen molar-refractivity contribution in [2.75, 3.05) is 11.4 Å². The maximum Gasteiger partial charge on any atom is 0.258 e. The first-order chi connectivity index (χ1) is 17.1. The molecule has 0 spiro atoms. The zero-order chi connectivity index (χ0) is 26.0. The molecule has 1 amide bonds. The minimum atomic E-state index is -0.267. The van der Waals surface area contributed by atoms with E-state index in [2.05, 4.69) is 33.8 Å². The standard InChI is InChI=1S/C30H37NO5/c1-19(11-14-28-30(3,4)36-28)7-5-8-20(2)15-16-31-25-17-21(32)18-27(34)24(25)13-12-22-23(29(31)35)9-6-10-26(22)33/h6-7,9-10,15,17-18,28,32-34H,5,8,11-14,16H2,1-4H3/b19-7+,20-15+. The Kier molecular flexibility index (Phi) is 7.46. The van der Waals surface area contributed by atoms with Gasteiger partial charge in [-0.05, 0) is 78.4 Å². The highest BCUT2D eigenvalue weighted by atomic mass is 16.6. The van der Waals surface area contributed by atoms with E-state index in [1.807, 2.05) is 6.08 Å². The predicted molar refractivity (Wildman–Crippen MR) is 142 cm³/mol. The summed E-state index contributed by atoms with van der Waals surface area (Å²) in [4.78, 5) is 15.2. The molecule has 6 nitrogen and oxygen atoms in total. The fourth-order valence-corrected chi connectivity index (χ4v) is 4.94. The number of epoxide rings is 1. The number of allylic oxidation sites excluding steroid dienone is 3. The van der Waals surface area contributed by atoms with Gasteiger partial charge in [0.25, 0.3) is 5.91 Å². The fourth-order valence-electron chi connectivity index (χ4n) is 4.94. The van der Waals surface area contributed by atoms with Gasteiger partial charge in [0.05, 0.1) is 17.4 Å².